The van der Waals surface area contributed by atoms with Crippen molar-refractivity contribution in [3.8, 4) is 0 Å². The monoisotopic (exact) mass is 357 g/mol. The third kappa shape index (κ3) is 2.53. The van der Waals surface area contributed by atoms with Crippen molar-refractivity contribution in [3.05, 3.63) is 34.9 Å². The maximum Gasteiger partial charge on any atom is 0.252 e. The topological polar surface area (TPSA) is 49.8 Å². The molecule has 26 heavy (non-hydrogen) atoms. The average Bonchev–Trinajstić information content (AvgIpc) is 3.03. The number of aliphatic hydroxyl groups excluding tert-OH is 1. The van der Waals surface area contributed by atoms with E-state index in [0.717, 1.165) is 42.4 Å². The van der Waals surface area contributed by atoms with Gasteiger partial charge in [-0.1, -0.05) is 37.6 Å². The molecule has 142 valence electrons. The first kappa shape index (κ1) is 18.0. The normalized spacial score (nSPS) is 37.2. The highest BCUT2D eigenvalue weighted by molar-refractivity contribution is 5.99. The van der Waals surface area contributed by atoms with Gasteiger partial charge in [-0.05, 0) is 55.9 Å². The maximum absolute atomic E-state index is 13.2. The van der Waals surface area contributed by atoms with Crippen LogP contribution in [0.3, 0.4) is 0 Å². The Morgan fingerprint density at radius 3 is 2.81 bits per heavy atom. The molecular weight excluding hydrogens is 326 g/mol. The van der Waals surface area contributed by atoms with Crippen molar-refractivity contribution in [1.29, 1.82) is 0 Å². The van der Waals surface area contributed by atoms with E-state index in [1.807, 2.05) is 17.9 Å². The molecular formula is C22H31NO3. The Morgan fingerprint density at radius 2 is 2.04 bits per heavy atom. The highest BCUT2D eigenvalue weighted by atomic mass is 16.5. The summed E-state index contributed by atoms with van der Waals surface area (Å²) >= 11 is 0. The van der Waals surface area contributed by atoms with E-state index in [1.165, 1.54) is 5.57 Å². The van der Waals surface area contributed by atoms with E-state index >= 15 is 0 Å². The minimum atomic E-state index is -0.634. The number of aliphatic hydroxyl groups is 1. The minimum Gasteiger partial charge on any atom is -0.389 e. The molecule has 1 amide bonds. The van der Waals surface area contributed by atoms with E-state index < -0.39 is 11.8 Å². The lowest BCUT2D eigenvalue weighted by molar-refractivity contribution is -0.135. The van der Waals surface area contributed by atoms with Crippen LogP contribution in [0.15, 0.2) is 34.9 Å². The number of ether oxygens (including phenoxy) is 1. The highest BCUT2D eigenvalue weighted by Crippen LogP contribution is 2.58. The van der Waals surface area contributed by atoms with Gasteiger partial charge in [-0.15, -0.1) is 0 Å². The van der Waals surface area contributed by atoms with Crippen LogP contribution in [0.25, 0.3) is 0 Å². The molecule has 0 saturated carbocycles. The zero-order chi connectivity index (χ0) is 18.7. The molecule has 2 aliphatic carbocycles. The van der Waals surface area contributed by atoms with Gasteiger partial charge < -0.3 is 14.7 Å². The van der Waals surface area contributed by atoms with Crippen LogP contribution in [0.2, 0.25) is 0 Å². The molecule has 2 heterocycles. The van der Waals surface area contributed by atoms with Crippen LogP contribution in [-0.2, 0) is 9.53 Å². The minimum absolute atomic E-state index is 0.0687. The fraction of sp³-hybridized carbons (Fsp3) is 0.682. The molecule has 4 rings (SSSR count). The Hall–Kier alpha value is -1.39. The molecule has 0 aromatic heterocycles. The predicted octanol–water partition coefficient (Wildman–Crippen LogP) is 3.73. The molecule has 1 spiro atoms. The second-order valence-corrected chi connectivity index (χ2v) is 9.15. The van der Waals surface area contributed by atoms with Crippen LogP contribution < -0.4 is 0 Å². The van der Waals surface area contributed by atoms with Crippen molar-refractivity contribution in [3.63, 3.8) is 0 Å². The molecule has 3 unspecified atom stereocenters. The van der Waals surface area contributed by atoms with E-state index in [1.54, 1.807) is 0 Å². The second kappa shape index (κ2) is 6.07. The first-order valence-electron chi connectivity index (χ1n) is 9.98. The summed E-state index contributed by atoms with van der Waals surface area (Å²) in [7, 11) is 0. The maximum atomic E-state index is 13.2. The molecule has 2 bridgehead atoms. The third-order valence-electron chi connectivity index (χ3n) is 7.03. The fourth-order valence-electron chi connectivity index (χ4n) is 5.89. The standard InChI is InChI=1S/C22H31NO3/c1-14-5-6-16-7-8-18-19(21(16,3)4)22(13-15(2)12-17(24)11-14)23(20(18)25)9-10-26-22/h12,16-17,24H,1,5-11,13H2,2-4H3. The van der Waals surface area contributed by atoms with Gasteiger partial charge in [0.1, 0.15) is 0 Å². The van der Waals surface area contributed by atoms with Crippen molar-refractivity contribution in [2.75, 3.05) is 13.2 Å². The summed E-state index contributed by atoms with van der Waals surface area (Å²) in [6, 6.07) is 0. The molecule has 4 heteroatoms. The lowest BCUT2D eigenvalue weighted by Gasteiger charge is -2.46. The van der Waals surface area contributed by atoms with Crippen LogP contribution in [0, 0.1) is 11.3 Å². The van der Waals surface area contributed by atoms with Gasteiger partial charge in [-0.2, -0.15) is 0 Å². The van der Waals surface area contributed by atoms with Crippen molar-refractivity contribution in [2.45, 2.75) is 71.1 Å². The van der Waals surface area contributed by atoms with Crippen molar-refractivity contribution >= 4 is 5.91 Å². The molecule has 3 atom stereocenters. The van der Waals surface area contributed by atoms with Gasteiger partial charge in [0.15, 0.2) is 5.72 Å². The van der Waals surface area contributed by atoms with E-state index in [9.17, 15) is 9.90 Å². The average molecular weight is 357 g/mol. The van der Waals surface area contributed by atoms with Crippen LogP contribution in [0.1, 0.15) is 59.3 Å². The zero-order valence-electron chi connectivity index (χ0n) is 16.3. The molecule has 0 aromatic rings. The molecule has 1 saturated heterocycles. The van der Waals surface area contributed by atoms with Gasteiger partial charge in [-0.3, -0.25) is 4.79 Å². The Morgan fingerprint density at radius 1 is 1.31 bits per heavy atom. The summed E-state index contributed by atoms with van der Waals surface area (Å²) in [5.41, 5.74) is 3.71. The number of carbonyl (C=O) groups is 1. The van der Waals surface area contributed by atoms with E-state index in [0.29, 0.717) is 31.9 Å². The Labute approximate surface area is 156 Å². The molecule has 1 N–H and O–H groups in total. The summed E-state index contributed by atoms with van der Waals surface area (Å²) < 4.78 is 6.37. The summed E-state index contributed by atoms with van der Waals surface area (Å²) in [5, 5.41) is 10.4. The number of amides is 1. The van der Waals surface area contributed by atoms with Crippen LogP contribution in [-0.4, -0.2) is 40.9 Å². The lowest BCUT2D eigenvalue weighted by atomic mass is 9.61. The summed E-state index contributed by atoms with van der Waals surface area (Å²) in [5.74, 6) is 0.685. The fourth-order valence-corrected chi connectivity index (χ4v) is 5.89. The third-order valence-corrected chi connectivity index (χ3v) is 7.03. The quantitative estimate of drug-likeness (QED) is 0.672. The smallest absolute Gasteiger partial charge is 0.252 e. The number of fused-ring (bicyclic) bond motifs is 1. The van der Waals surface area contributed by atoms with Crippen molar-refractivity contribution < 1.29 is 14.6 Å². The van der Waals surface area contributed by atoms with Crippen LogP contribution in [0.4, 0.5) is 0 Å². The van der Waals surface area contributed by atoms with Gasteiger partial charge in [0.25, 0.3) is 5.91 Å². The summed E-state index contributed by atoms with van der Waals surface area (Å²) in [6.45, 7) is 12.1. The van der Waals surface area contributed by atoms with Crippen molar-refractivity contribution in [2.24, 2.45) is 11.3 Å². The first-order chi connectivity index (χ1) is 12.3. The lowest BCUT2D eigenvalue weighted by Crippen LogP contribution is -2.49. The number of carbonyl (C=O) groups excluding carboxylic acids is 1. The predicted molar refractivity (Wildman–Crippen MR) is 101 cm³/mol. The first-order valence-corrected chi connectivity index (χ1v) is 9.98. The van der Waals surface area contributed by atoms with E-state index in [2.05, 4.69) is 20.4 Å². The summed E-state index contributed by atoms with van der Waals surface area (Å²) in [6.07, 6.45) is 6.60. The SMILES string of the molecule is C=C1CCC2CCC3=C(C2(C)C)C2(CC(C)=CC(O)C1)OCCN2C3=O. The van der Waals surface area contributed by atoms with Gasteiger partial charge in [-0.25, -0.2) is 0 Å². The molecule has 0 radical (unpaired) electrons. The molecule has 4 aliphatic rings. The molecule has 0 aromatic carbocycles. The summed E-state index contributed by atoms with van der Waals surface area (Å²) in [4.78, 5) is 15.1. The largest absolute Gasteiger partial charge is 0.389 e. The van der Waals surface area contributed by atoms with Gasteiger partial charge in [0.2, 0.25) is 0 Å². The Balaban J connectivity index is 1.86. The van der Waals surface area contributed by atoms with Gasteiger partial charge in [0.05, 0.1) is 12.7 Å². The number of hydrogen-bond acceptors (Lipinski definition) is 3. The van der Waals surface area contributed by atoms with Crippen LogP contribution >= 0.6 is 0 Å². The number of nitrogens with zero attached hydrogens (tertiary/aromatic N) is 1. The van der Waals surface area contributed by atoms with Crippen LogP contribution in [0.5, 0.6) is 0 Å². The number of hydrogen-bond donors (Lipinski definition) is 1. The van der Waals surface area contributed by atoms with E-state index in [4.69, 9.17) is 4.74 Å². The number of rotatable bonds is 0. The van der Waals surface area contributed by atoms with Crippen molar-refractivity contribution in [1.82, 2.24) is 4.90 Å². The molecule has 2 aliphatic heterocycles. The zero-order valence-corrected chi connectivity index (χ0v) is 16.3. The Kier molecular flexibility index (Phi) is 4.20. The highest BCUT2D eigenvalue weighted by Gasteiger charge is 2.61. The molecule has 4 nitrogen and oxygen atoms in total. The van der Waals surface area contributed by atoms with Gasteiger partial charge >= 0.3 is 0 Å². The Bertz CT molecular complexity index is 717. The van der Waals surface area contributed by atoms with E-state index in [-0.39, 0.29) is 11.3 Å². The molecule has 1 fully saturated rings. The van der Waals surface area contributed by atoms with Gasteiger partial charge in [0, 0.05) is 18.5 Å². The second-order valence-electron chi connectivity index (χ2n) is 9.15.